The zero-order valence-corrected chi connectivity index (χ0v) is 19.9. The number of nitrogens with zero attached hydrogens (tertiary/aromatic N) is 3. The summed E-state index contributed by atoms with van der Waals surface area (Å²) < 4.78 is 5.52. The Bertz CT molecular complexity index is 1080. The number of thiazole rings is 1. The van der Waals surface area contributed by atoms with Crippen LogP contribution in [-0.2, 0) is 0 Å². The molecule has 32 heavy (non-hydrogen) atoms. The smallest absolute Gasteiger partial charge is 0.252 e. The van der Waals surface area contributed by atoms with Gasteiger partial charge in [0.25, 0.3) is 5.91 Å². The van der Waals surface area contributed by atoms with E-state index in [1.54, 1.807) is 24.6 Å². The topological polar surface area (TPSA) is 57.7 Å². The number of ether oxygens (including phenoxy) is 1. The van der Waals surface area contributed by atoms with Crippen LogP contribution in [0.2, 0.25) is 0 Å². The highest BCUT2D eigenvalue weighted by molar-refractivity contribution is 7.13. The molecule has 0 spiro atoms. The number of likely N-dealkylation sites (N-methyl/N-ethyl adjacent to an activating group) is 1. The Morgan fingerprint density at radius 2 is 1.94 bits per heavy atom. The second-order valence-corrected chi connectivity index (χ2v) is 9.18. The molecular weight excluding hydrogens is 420 g/mol. The normalized spacial score (nSPS) is 15.4. The first-order valence-electron chi connectivity index (χ1n) is 10.9. The van der Waals surface area contributed by atoms with E-state index in [1.165, 1.54) is 0 Å². The highest BCUT2D eigenvalue weighted by atomic mass is 32.1. The van der Waals surface area contributed by atoms with Gasteiger partial charge in [-0.25, -0.2) is 4.98 Å². The number of methoxy groups -OCH3 is 1. The molecule has 0 bridgehead atoms. The number of rotatable bonds is 6. The van der Waals surface area contributed by atoms with Crippen molar-refractivity contribution in [3.63, 3.8) is 0 Å². The summed E-state index contributed by atoms with van der Waals surface area (Å²) in [6, 6.07) is 12.0. The summed E-state index contributed by atoms with van der Waals surface area (Å²) >= 11 is 1.57. The van der Waals surface area contributed by atoms with Crippen molar-refractivity contribution in [1.82, 2.24) is 15.2 Å². The first-order valence-corrected chi connectivity index (χ1v) is 11.8. The second kappa shape index (κ2) is 9.71. The molecule has 1 fully saturated rings. The summed E-state index contributed by atoms with van der Waals surface area (Å²) in [4.78, 5) is 22.3. The molecule has 1 atom stereocenters. The third-order valence-corrected chi connectivity index (χ3v) is 6.87. The first kappa shape index (κ1) is 22.3. The lowest BCUT2D eigenvalue weighted by Crippen LogP contribution is -2.44. The first-order chi connectivity index (χ1) is 15.5. The maximum absolute atomic E-state index is 13.2. The molecule has 4 rings (SSSR count). The van der Waals surface area contributed by atoms with Crippen molar-refractivity contribution in [3.8, 4) is 16.3 Å². The van der Waals surface area contributed by atoms with Crippen molar-refractivity contribution < 1.29 is 9.53 Å². The van der Waals surface area contributed by atoms with Crippen molar-refractivity contribution in [2.24, 2.45) is 0 Å². The van der Waals surface area contributed by atoms with Crippen LogP contribution in [0.15, 0.2) is 48.0 Å². The average Bonchev–Trinajstić information content (AvgIpc) is 3.34. The summed E-state index contributed by atoms with van der Waals surface area (Å²) in [7, 11) is 3.80. The molecule has 1 aliphatic rings. The third kappa shape index (κ3) is 4.79. The van der Waals surface area contributed by atoms with E-state index in [2.05, 4.69) is 39.3 Å². The maximum Gasteiger partial charge on any atom is 0.252 e. The van der Waals surface area contributed by atoms with E-state index < -0.39 is 0 Å². The Balaban J connectivity index is 1.53. The largest absolute Gasteiger partial charge is 0.496 e. The molecule has 1 aromatic heterocycles. The van der Waals surface area contributed by atoms with E-state index in [9.17, 15) is 4.79 Å². The van der Waals surface area contributed by atoms with E-state index >= 15 is 0 Å². The molecule has 0 saturated carbocycles. The molecule has 3 aromatic rings. The molecule has 2 aromatic carbocycles. The third-order valence-electron chi connectivity index (χ3n) is 6.07. The number of benzene rings is 2. The standard InChI is InChI=1S/C25H30N4O2S/c1-17-5-7-20(29-12-10-28(3)11-13-29)16-21(17)24(30)27-18(2)19-6-8-23(31-4)22(15-19)25-26-9-14-32-25/h5-9,14-16,18H,10-13H2,1-4H3,(H,27,30)/t18-/m1/s1. The van der Waals surface area contributed by atoms with Crippen LogP contribution in [0, 0.1) is 6.92 Å². The van der Waals surface area contributed by atoms with Gasteiger partial charge in [-0.1, -0.05) is 12.1 Å². The van der Waals surface area contributed by atoms with Crippen LogP contribution in [0.4, 0.5) is 5.69 Å². The molecular formula is C25H30N4O2S. The number of piperazine rings is 1. The van der Waals surface area contributed by atoms with E-state index in [-0.39, 0.29) is 11.9 Å². The molecule has 168 valence electrons. The molecule has 1 saturated heterocycles. The molecule has 7 heteroatoms. The maximum atomic E-state index is 13.2. The van der Waals surface area contributed by atoms with Crippen molar-refractivity contribution in [1.29, 1.82) is 0 Å². The van der Waals surface area contributed by atoms with Crippen molar-refractivity contribution >= 4 is 22.9 Å². The Kier molecular flexibility index (Phi) is 6.77. The van der Waals surface area contributed by atoms with Crippen molar-refractivity contribution in [2.45, 2.75) is 19.9 Å². The van der Waals surface area contributed by atoms with Gasteiger partial charge in [-0.05, 0) is 56.3 Å². The van der Waals surface area contributed by atoms with Crippen LogP contribution in [0.5, 0.6) is 5.75 Å². The lowest BCUT2D eigenvalue weighted by atomic mass is 10.0. The predicted molar refractivity (Wildman–Crippen MR) is 131 cm³/mol. The highest BCUT2D eigenvalue weighted by Gasteiger charge is 2.19. The minimum atomic E-state index is -0.154. The molecule has 0 unspecified atom stereocenters. The van der Waals surface area contributed by atoms with Gasteiger partial charge in [-0.3, -0.25) is 4.79 Å². The number of amides is 1. The van der Waals surface area contributed by atoms with E-state index in [1.807, 2.05) is 43.5 Å². The number of aromatic nitrogens is 1. The van der Waals surface area contributed by atoms with Gasteiger partial charge < -0.3 is 19.9 Å². The Morgan fingerprint density at radius 3 is 2.62 bits per heavy atom. The minimum Gasteiger partial charge on any atom is -0.496 e. The fraction of sp³-hybridized carbons (Fsp3) is 0.360. The van der Waals surface area contributed by atoms with Gasteiger partial charge >= 0.3 is 0 Å². The Labute approximate surface area is 193 Å². The van der Waals surface area contributed by atoms with Gasteiger partial charge in [0.1, 0.15) is 10.8 Å². The molecule has 6 nitrogen and oxygen atoms in total. The number of nitrogens with one attached hydrogen (secondary N) is 1. The summed E-state index contributed by atoms with van der Waals surface area (Å²) in [5, 5.41) is 6.03. The number of carbonyl (C=O) groups is 1. The van der Waals surface area contributed by atoms with Crippen LogP contribution < -0.4 is 15.0 Å². The zero-order chi connectivity index (χ0) is 22.7. The lowest BCUT2D eigenvalue weighted by Gasteiger charge is -2.34. The van der Waals surface area contributed by atoms with Crippen LogP contribution >= 0.6 is 11.3 Å². The van der Waals surface area contributed by atoms with Gasteiger partial charge in [0.05, 0.1) is 18.7 Å². The molecule has 2 heterocycles. The van der Waals surface area contributed by atoms with Gasteiger partial charge in [-0.2, -0.15) is 0 Å². The second-order valence-electron chi connectivity index (χ2n) is 8.28. The number of aryl methyl sites for hydroxylation is 1. The van der Waals surface area contributed by atoms with Crippen LogP contribution in [0.1, 0.15) is 34.5 Å². The number of hydrogen-bond donors (Lipinski definition) is 1. The molecule has 0 radical (unpaired) electrons. The minimum absolute atomic E-state index is 0.0578. The van der Waals surface area contributed by atoms with Crippen LogP contribution in [0.25, 0.3) is 10.6 Å². The number of hydrogen-bond acceptors (Lipinski definition) is 6. The van der Waals surface area contributed by atoms with E-state index in [0.29, 0.717) is 0 Å². The number of anilines is 1. The average molecular weight is 451 g/mol. The Morgan fingerprint density at radius 1 is 1.16 bits per heavy atom. The summed E-state index contributed by atoms with van der Waals surface area (Å²) in [5.74, 6) is 0.718. The predicted octanol–water partition coefficient (Wildman–Crippen LogP) is 4.37. The van der Waals surface area contributed by atoms with E-state index in [0.717, 1.165) is 64.9 Å². The van der Waals surface area contributed by atoms with Gasteiger partial charge in [0.2, 0.25) is 0 Å². The lowest BCUT2D eigenvalue weighted by molar-refractivity contribution is 0.0939. The molecule has 0 aliphatic carbocycles. The van der Waals surface area contributed by atoms with Crippen LogP contribution in [0.3, 0.4) is 0 Å². The summed E-state index contributed by atoms with van der Waals surface area (Å²) in [5.41, 5.74) is 4.76. The molecule has 1 aliphatic heterocycles. The van der Waals surface area contributed by atoms with Gasteiger partial charge in [0, 0.05) is 49.0 Å². The Hall–Kier alpha value is -2.90. The fourth-order valence-electron chi connectivity index (χ4n) is 3.99. The summed E-state index contributed by atoms with van der Waals surface area (Å²) in [6.07, 6.45) is 1.79. The van der Waals surface area contributed by atoms with Gasteiger partial charge in [0.15, 0.2) is 0 Å². The van der Waals surface area contributed by atoms with Crippen molar-refractivity contribution in [3.05, 3.63) is 64.7 Å². The zero-order valence-electron chi connectivity index (χ0n) is 19.1. The molecule has 1 amide bonds. The molecule has 1 N–H and O–H groups in total. The highest BCUT2D eigenvalue weighted by Crippen LogP contribution is 2.33. The van der Waals surface area contributed by atoms with Gasteiger partial charge in [-0.15, -0.1) is 11.3 Å². The SMILES string of the molecule is COc1ccc([C@@H](C)NC(=O)c2cc(N3CCN(C)CC3)ccc2C)cc1-c1nccs1. The quantitative estimate of drug-likeness (QED) is 0.604. The van der Waals surface area contributed by atoms with Crippen molar-refractivity contribution in [2.75, 3.05) is 45.2 Å². The fourth-order valence-corrected chi connectivity index (χ4v) is 4.65. The monoisotopic (exact) mass is 450 g/mol. The van der Waals surface area contributed by atoms with E-state index in [4.69, 9.17) is 4.74 Å². The number of carbonyl (C=O) groups excluding carboxylic acids is 1. The summed E-state index contributed by atoms with van der Waals surface area (Å²) in [6.45, 7) is 8.01. The van der Waals surface area contributed by atoms with Crippen LogP contribution in [-0.4, -0.2) is 56.1 Å².